The van der Waals surface area contributed by atoms with Crippen molar-refractivity contribution in [3.05, 3.63) is 96.0 Å². The molecule has 3 N–H and O–H groups in total. The lowest BCUT2D eigenvalue weighted by molar-refractivity contribution is -0.137. The van der Waals surface area contributed by atoms with Crippen LogP contribution in [0.15, 0.2) is 83.7 Å². The summed E-state index contributed by atoms with van der Waals surface area (Å²) in [4.78, 5) is 41.7. The lowest BCUT2D eigenvalue weighted by Crippen LogP contribution is -2.49. The molecule has 0 radical (unpaired) electrons. The molecule has 39 heavy (non-hydrogen) atoms. The van der Waals surface area contributed by atoms with Crippen LogP contribution in [0.3, 0.4) is 0 Å². The summed E-state index contributed by atoms with van der Waals surface area (Å²) in [5.74, 6) is -0.758. The number of aromatic nitrogens is 1. The molecule has 0 saturated heterocycles. The second-order valence-corrected chi connectivity index (χ2v) is 9.72. The third-order valence-corrected chi connectivity index (χ3v) is 6.06. The number of methoxy groups -OCH3 is 1. The highest BCUT2D eigenvalue weighted by Gasteiger charge is 2.25. The molecule has 0 saturated carbocycles. The van der Waals surface area contributed by atoms with E-state index in [1.54, 1.807) is 30.5 Å². The van der Waals surface area contributed by atoms with Crippen molar-refractivity contribution in [3.8, 4) is 17.1 Å². The van der Waals surface area contributed by atoms with E-state index in [0.717, 1.165) is 11.1 Å². The van der Waals surface area contributed by atoms with Gasteiger partial charge in [-0.3, -0.25) is 14.4 Å². The monoisotopic (exact) mass is 526 g/mol. The van der Waals surface area contributed by atoms with E-state index in [1.807, 2.05) is 63.2 Å². The molecule has 3 amide bonds. The molecule has 0 fully saturated rings. The zero-order valence-electron chi connectivity index (χ0n) is 22.2. The van der Waals surface area contributed by atoms with Gasteiger partial charge in [-0.05, 0) is 68.7 Å². The normalized spacial score (nSPS) is 11.0. The lowest BCUT2D eigenvalue weighted by Gasteiger charge is -2.26. The number of benzene rings is 3. The number of ether oxygens (including phenoxy) is 1. The van der Waals surface area contributed by atoms with Gasteiger partial charge in [0.05, 0.1) is 18.9 Å². The number of carbonyl (C=O) groups excluding carboxylic acids is 3. The van der Waals surface area contributed by atoms with Crippen molar-refractivity contribution in [3.63, 3.8) is 0 Å². The fourth-order valence-electron chi connectivity index (χ4n) is 4.16. The molecule has 0 aliphatic heterocycles. The summed E-state index contributed by atoms with van der Waals surface area (Å²) < 4.78 is 10.7. The topological polar surface area (TPSA) is 123 Å². The minimum atomic E-state index is -0.799. The van der Waals surface area contributed by atoms with Crippen LogP contribution in [-0.4, -0.2) is 35.4 Å². The summed E-state index contributed by atoms with van der Waals surface area (Å²) in [5, 5.41) is 8.29. The van der Waals surface area contributed by atoms with Crippen molar-refractivity contribution in [2.75, 3.05) is 17.7 Å². The zero-order chi connectivity index (χ0) is 28.0. The van der Waals surface area contributed by atoms with Crippen LogP contribution in [0.25, 0.3) is 11.3 Å². The Morgan fingerprint density at radius 1 is 0.923 bits per heavy atom. The molecule has 0 bridgehead atoms. The second kappa shape index (κ2) is 11.6. The standard InChI is InChI=1S/C30H30N4O5/c1-19-7-5-6-8-23(19)27(35)32-21-11-9-20(10-12-21)16-30(2,3)34-29(37)28(36)33-22-13-14-24(25(15-22)38-4)26-17-31-18-39-26/h5-15,17-18H,16H2,1-4H3,(H,32,35)(H,33,36)(H,34,37). The van der Waals surface area contributed by atoms with Crippen molar-refractivity contribution in [1.82, 2.24) is 10.3 Å². The lowest BCUT2D eigenvalue weighted by atomic mass is 9.94. The average molecular weight is 527 g/mol. The second-order valence-electron chi connectivity index (χ2n) is 9.72. The number of anilines is 2. The van der Waals surface area contributed by atoms with Gasteiger partial charge >= 0.3 is 11.8 Å². The summed E-state index contributed by atoms with van der Waals surface area (Å²) in [7, 11) is 1.50. The van der Waals surface area contributed by atoms with Gasteiger partial charge in [-0.2, -0.15) is 0 Å². The summed E-state index contributed by atoms with van der Waals surface area (Å²) >= 11 is 0. The van der Waals surface area contributed by atoms with Crippen molar-refractivity contribution < 1.29 is 23.5 Å². The van der Waals surface area contributed by atoms with Gasteiger partial charge in [0.25, 0.3) is 5.91 Å². The molecule has 0 atom stereocenters. The number of hydrogen-bond donors (Lipinski definition) is 3. The van der Waals surface area contributed by atoms with Crippen molar-refractivity contribution in [1.29, 1.82) is 0 Å². The summed E-state index contributed by atoms with van der Waals surface area (Å²) in [5.41, 5.74) is 3.47. The van der Waals surface area contributed by atoms with Gasteiger partial charge in [0.15, 0.2) is 12.2 Å². The Hall–Kier alpha value is -4.92. The Kier molecular flexibility index (Phi) is 8.10. The molecule has 4 aromatic rings. The molecule has 200 valence electrons. The number of oxazole rings is 1. The third kappa shape index (κ3) is 6.89. The molecule has 0 spiro atoms. The number of hydrogen-bond acceptors (Lipinski definition) is 6. The molecule has 3 aromatic carbocycles. The maximum atomic E-state index is 12.7. The van der Waals surface area contributed by atoms with Crippen molar-refractivity contribution in [2.45, 2.75) is 32.7 Å². The van der Waals surface area contributed by atoms with E-state index in [0.29, 0.717) is 40.4 Å². The number of carbonyl (C=O) groups is 3. The summed E-state index contributed by atoms with van der Waals surface area (Å²) in [6.07, 6.45) is 3.34. The highest BCUT2D eigenvalue weighted by atomic mass is 16.5. The highest BCUT2D eigenvalue weighted by molar-refractivity contribution is 6.39. The van der Waals surface area contributed by atoms with E-state index in [-0.39, 0.29) is 5.91 Å². The van der Waals surface area contributed by atoms with Crippen LogP contribution in [-0.2, 0) is 16.0 Å². The Morgan fingerprint density at radius 2 is 1.64 bits per heavy atom. The maximum Gasteiger partial charge on any atom is 0.313 e. The Balaban J connectivity index is 1.33. The maximum absolute atomic E-state index is 12.7. The first-order chi connectivity index (χ1) is 18.6. The number of aryl methyl sites for hydroxylation is 1. The van der Waals surface area contributed by atoms with E-state index < -0.39 is 17.4 Å². The fraction of sp³-hybridized carbons (Fsp3) is 0.200. The van der Waals surface area contributed by atoms with Gasteiger partial charge in [-0.1, -0.05) is 30.3 Å². The molecular formula is C30H30N4O5. The average Bonchev–Trinajstić information content (AvgIpc) is 3.44. The van der Waals surface area contributed by atoms with E-state index in [2.05, 4.69) is 20.9 Å². The Morgan fingerprint density at radius 3 is 2.31 bits per heavy atom. The smallest absolute Gasteiger partial charge is 0.313 e. The van der Waals surface area contributed by atoms with Crippen LogP contribution in [0.5, 0.6) is 5.75 Å². The predicted molar refractivity (Wildman–Crippen MR) is 149 cm³/mol. The van der Waals surface area contributed by atoms with Gasteiger partial charge in [-0.25, -0.2) is 4.98 Å². The molecule has 0 aliphatic carbocycles. The first kappa shape index (κ1) is 27.1. The molecule has 9 heteroatoms. The third-order valence-electron chi connectivity index (χ3n) is 6.06. The summed E-state index contributed by atoms with van der Waals surface area (Å²) in [6.45, 7) is 5.56. The van der Waals surface area contributed by atoms with Crippen molar-refractivity contribution >= 4 is 29.1 Å². The van der Waals surface area contributed by atoms with Crippen LogP contribution < -0.4 is 20.7 Å². The van der Waals surface area contributed by atoms with Crippen LogP contribution in [0.4, 0.5) is 11.4 Å². The van der Waals surface area contributed by atoms with Gasteiger partial charge in [0.1, 0.15) is 5.75 Å². The highest BCUT2D eigenvalue weighted by Crippen LogP contribution is 2.32. The van der Waals surface area contributed by atoms with Crippen LogP contribution in [0.2, 0.25) is 0 Å². The van der Waals surface area contributed by atoms with E-state index in [4.69, 9.17) is 9.15 Å². The van der Waals surface area contributed by atoms with Gasteiger partial charge in [0, 0.05) is 28.5 Å². The first-order valence-electron chi connectivity index (χ1n) is 12.3. The van der Waals surface area contributed by atoms with Crippen LogP contribution >= 0.6 is 0 Å². The van der Waals surface area contributed by atoms with E-state index in [1.165, 1.54) is 13.5 Å². The largest absolute Gasteiger partial charge is 0.496 e. The molecule has 1 heterocycles. The van der Waals surface area contributed by atoms with E-state index in [9.17, 15) is 14.4 Å². The van der Waals surface area contributed by atoms with Crippen molar-refractivity contribution in [2.24, 2.45) is 0 Å². The molecule has 0 aliphatic rings. The SMILES string of the molecule is COc1cc(NC(=O)C(=O)NC(C)(C)Cc2ccc(NC(=O)c3ccccc3C)cc2)ccc1-c1cnco1. The zero-order valence-corrected chi connectivity index (χ0v) is 22.2. The molecular weight excluding hydrogens is 496 g/mol. The minimum absolute atomic E-state index is 0.176. The Labute approximate surface area is 226 Å². The number of nitrogens with one attached hydrogen (secondary N) is 3. The minimum Gasteiger partial charge on any atom is -0.496 e. The number of rotatable bonds is 8. The first-order valence-corrected chi connectivity index (χ1v) is 12.3. The molecule has 0 unspecified atom stereocenters. The number of amides is 3. The van der Waals surface area contributed by atoms with Gasteiger partial charge in [0.2, 0.25) is 0 Å². The number of nitrogens with zero attached hydrogens (tertiary/aromatic N) is 1. The van der Waals surface area contributed by atoms with Crippen LogP contribution in [0, 0.1) is 6.92 Å². The van der Waals surface area contributed by atoms with Gasteiger partial charge in [-0.15, -0.1) is 0 Å². The quantitative estimate of drug-likeness (QED) is 0.278. The molecule has 4 rings (SSSR count). The fourth-order valence-corrected chi connectivity index (χ4v) is 4.16. The predicted octanol–water partition coefficient (Wildman–Crippen LogP) is 4.99. The Bertz CT molecular complexity index is 1480. The summed E-state index contributed by atoms with van der Waals surface area (Å²) in [6, 6.07) is 19.7. The van der Waals surface area contributed by atoms with E-state index >= 15 is 0 Å². The molecule has 1 aromatic heterocycles. The van der Waals surface area contributed by atoms with Crippen LogP contribution in [0.1, 0.15) is 35.3 Å². The van der Waals surface area contributed by atoms with Gasteiger partial charge < -0.3 is 25.1 Å². The molecule has 9 nitrogen and oxygen atoms in total.